The molecule has 0 radical (unpaired) electrons. The van der Waals surface area contributed by atoms with Gasteiger partial charge in [0.1, 0.15) is 0 Å². The summed E-state index contributed by atoms with van der Waals surface area (Å²) in [5.41, 5.74) is 0. The number of allylic oxidation sites excluding steroid dienone is 3. The summed E-state index contributed by atoms with van der Waals surface area (Å²) in [6.07, 6.45) is 33.5. The molecule has 2 N–H and O–H groups in total. The maximum atomic E-state index is 11.6. The third-order valence-electron chi connectivity index (χ3n) is 6.50. The fourth-order valence-corrected chi connectivity index (χ4v) is 3.77. The van der Waals surface area contributed by atoms with Crippen LogP contribution in [0, 0.1) is 0 Å². The molecule has 0 aromatic heterocycles. The first-order chi connectivity index (χ1) is 20.3. The van der Waals surface area contributed by atoms with E-state index in [0.29, 0.717) is 0 Å². The zero-order valence-corrected chi connectivity index (χ0v) is 28.1. The molecular weight excluding hydrogens is 588 g/mol. The van der Waals surface area contributed by atoms with E-state index in [1.807, 2.05) is 18.2 Å². The molecular formula is C41H88O6. The van der Waals surface area contributed by atoms with E-state index in [-0.39, 0.29) is 42.9 Å². The predicted molar refractivity (Wildman–Crippen MR) is 212 cm³/mol. The van der Waals surface area contributed by atoms with Gasteiger partial charge in [0.2, 0.25) is 12.1 Å². The van der Waals surface area contributed by atoms with E-state index in [4.69, 9.17) is 19.7 Å². The van der Waals surface area contributed by atoms with Gasteiger partial charge in [-0.25, -0.2) is 0 Å². The van der Waals surface area contributed by atoms with Crippen molar-refractivity contribution >= 4 is 11.6 Å². The van der Waals surface area contributed by atoms with E-state index < -0.39 is 18.4 Å². The first-order valence-corrected chi connectivity index (χ1v) is 16.9. The topological polar surface area (TPSA) is 93.1 Å². The van der Waals surface area contributed by atoms with Crippen LogP contribution in [0.2, 0.25) is 0 Å². The van der Waals surface area contributed by atoms with Crippen LogP contribution in [0.4, 0.5) is 0 Å². The van der Waals surface area contributed by atoms with Gasteiger partial charge >= 0.3 is 0 Å². The van der Waals surface area contributed by atoms with Crippen LogP contribution in [0.1, 0.15) is 207 Å². The summed E-state index contributed by atoms with van der Waals surface area (Å²) in [5.74, 6) is -0.742. The lowest BCUT2D eigenvalue weighted by Crippen LogP contribution is -2.20. The Hall–Kier alpha value is -1.92. The Bertz CT molecular complexity index is 599. The molecule has 0 saturated heterocycles. The number of hydrogen-bond donors (Lipinski definition) is 2. The van der Waals surface area contributed by atoms with E-state index in [1.165, 1.54) is 129 Å². The molecule has 0 fully saturated rings. The maximum absolute atomic E-state index is 11.6. The maximum Gasteiger partial charge on any atom is 0.299 e. The highest BCUT2D eigenvalue weighted by atomic mass is 16.7. The Balaban J connectivity index is -0.000000101. The molecule has 6 heteroatoms. The second-order valence-electron chi connectivity index (χ2n) is 10.9. The van der Waals surface area contributed by atoms with Crippen molar-refractivity contribution in [1.82, 2.24) is 0 Å². The molecule has 47 heavy (non-hydrogen) atoms. The molecule has 0 saturated carbocycles. The zero-order chi connectivity index (χ0) is 32.1. The minimum atomic E-state index is -1.79. The number of aliphatic hydroxyl groups is 2. The van der Waals surface area contributed by atoms with Crippen LogP contribution >= 0.6 is 0 Å². The summed E-state index contributed by atoms with van der Waals surface area (Å²) in [7, 11) is 0. The number of ether oxygens (including phenoxy) is 2. The SMILES string of the molecule is C.C.C.C.C.C=CCCCCCCCC.CC(=O)C(O)O.CCCCCCCCC=COC(OC=CCCCCCCCC)C(C)=O. The van der Waals surface area contributed by atoms with Crippen LogP contribution < -0.4 is 0 Å². The molecule has 0 heterocycles. The summed E-state index contributed by atoms with van der Waals surface area (Å²) in [4.78, 5) is 21.2. The molecule has 0 bridgehead atoms. The molecule has 6 nitrogen and oxygen atoms in total. The van der Waals surface area contributed by atoms with Gasteiger partial charge in [0.25, 0.3) is 6.29 Å². The lowest BCUT2D eigenvalue weighted by molar-refractivity contribution is -0.145. The Morgan fingerprint density at radius 1 is 0.532 bits per heavy atom. The van der Waals surface area contributed by atoms with Crippen LogP contribution in [-0.2, 0) is 19.1 Å². The van der Waals surface area contributed by atoms with Crippen molar-refractivity contribution in [3.8, 4) is 0 Å². The van der Waals surface area contributed by atoms with Crippen LogP contribution in [0.25, 0.3) is 0 Å². The predicted octanol–water partition coefficient (Wildman–Crippen LogP) is 13.5. The molecule has 0 aromatic carbocycles. The smallest absolute Gasteiger partial charge is 0.299 e. The minimum Gasteiger partial charge on any atom is -0.456 e. The van der Waals surface area contributed by atoms with Gasteiger partial charge in [0, 0.05) is 6.92 Å². The van der Waals surface area contributed by atoms with Crippen LogP contribution in [0.3, 0.4) is 0 Å². The van der Waals surface area contributed by atoms with Gasteiger partial charge < -0.3 is 19.7 Å². The Labute approximate surface area is 296 Å². The molecule has 0 aliphatic heterocycles. The number of unbranched alkanes of at least 4 members (excludes halogenated alkanes) is 18. The van der Waals surface area contributed by atoms with E-state index in [1.54, 1.807) is 12.5 Å². The van der Waals surface area contributed by atoms with Crippen molar-refractivity contribution in [2.24, 2.45) is 0 Å². The number of rotatable bonds is 27. The van der Waals surface area contributed by atoms with Crippen molar-refractivity contribution in [2.75, 3.05) is 0 Å². The molecule has 0 aromatic rings. The van der Waals surface area contributed by atoms with Gasteiger partial charge in [0.05, 0.1) is 12.5 Å². The minimum absolute atomic E-state index is 0. The van der Waals surface area contributed by atoms with E-state index >= 15 is 0 Å². The monoisotopic (exact) mass is 677 g/mol. The number of ketones is 2. The van der Waals surface area contributed by atoms with Gasteiger partial charge in [0.15, 0.2) is 5.78 Å². The lowest BCUT2D eigenvalue weighted by Gasteiger charge is -2.12. The van der Waals surface area contributed by atoms with Gasteiger partial charge in [-0.05, 0) is 57.6 Å². The fraction of sp³-hybridized carbons (Fsp3) is 0.805. The highest BCUT2D eigenvalue weighted by Gasteiger charge is 2.13. The Kier molecular flexibility index (Phi) is 76.5. The van der Waals surface area contributed by atoms with Crippen LogP contribution in [0.15, 0.2) is 37.3 Å². The molecule has 0 spiro atoms. The molecule has 0 aliphatic carbocycles. The third kappa shape index (κ3) is 63.4. The summed E-state index contributed by atoms with van der Waals surface area (Å²) in [6, 6.07) is 0. The van der Waals surface area contributed by atoms with Gasteiger partial charge in [-0.2, -0.15) is 0 Å². The number of carbonyl (C=O) groups is 2. The van der Waals surface area contributed by atoms with Crippen molar-refractivity contribution < 1.29 is 29.3 Å². The normalized spacial score (nSPS) is 10.3. The quantitative estimate of drug-likeness (QED) is 0.0389. The van der Waals surface area contributed by atoms with Crippen molar-refractivity contribution in [3.63, 3.8) is 0 Å². The van der Waals surface area contributed by atoms with E-state index in [2.05, 4.69) is 27.4 Å². The number of hydrogen-bond acceptors (Lipinski definition) is 6. The molecule has 0 rings (SSSR count). The summed E-state index contributed by atoms with van der Waals surface area (Å²) in [6.45, 7) is 13.0. The number of carbonyl (C=O) groups excluding carboxylic acids is 2. The second-order valence-corrected chi connectivity index (χ2v) is 10.9. The molecule has 288 valence electrons. The van der Waals surface area contributed by atoms with Gasteiger partial charge in [-0.1, -0.05) is 160 Å². The first kappa shape index (κ1) is 63.7. The van der Waals surface area contributed by atoms with Crippen LogP contribution in [0.5, 0.6) is 0 Å². The second kappa shape index (κ2) is 56.4. The average Bonchev–Trinajstić information content (AvgIpc) is 2.96. The third-order valence-corrected chi connectivity index (χ3v) is 6.50. The summed E-state index contributed by atoms with van der Waals surface area (Å²) < 4.78 is 10.8. The zero-order valence-electron chi connectivity index (χ0n) is 28.1. The van der Waals surface area contributed by atoms with Gasteiger partial charge in [-0.3, -0.25) is 9.59 Å². The summed E-state index contributed by atoms with van der Waals surface area (Å²) in [5, 5.41) is 15.7. The Morgan fingerprint density at radius 2 is 0.809 bits per heavy atom. The molecule has 0 aliphatic rings. The fourth-order valence-electron chi connectivity index (χ4n) is 3.77. The Morgan fingerprint density at radius 3 is 1.06 bits per heavy atom. The van der Waals surface area contributed by atoms with E-state index in [9.17, 15) is 9.59 Å². The standard InChI is InChI=1S/C23H42O3.C10H20.C3H6O3.5CH4/c1-4-6-8-10-12-14-16-18-20-25-23(22(3)24)26-21-19-17-15-13-11-9-7-5-2;1-3-5-7-9-10-8-6-4-2;1-2(4)3(5)6;;;;;/h18-21,23H,4-17H2,1-3H3;3H,1,4-10H2,2H3;3,5-6H,1H3;5*1H4. The molecule has 0 unspecified atom stereocenters. The van der Waals surface area contributed by atoms with Crippen molar-refractivity contribution in [3.05, 3.63) is 37.3 Å². The van der Waals surface area contributed by atoms with E-state index in [0.717, 1.165) is 19.8 Å². The largest absolute Gasteiger partial charge is 0.456 e. The highest BCUT2D eigenvalue weighted by Crippen LogP contribution is 2.09. The summed E-state index contributed by atoms with van der Waals surface area (Å²) >= 11 is 0. The number of aliphatic hydroxyl groups excluding tert-OH is 1. The molecule has 0 atom stereocenters. The van der Waals surface area contributed by atoms with Crippen LogP contribution in [-0.4, -0.2) is 34.4 Å². The average molecular weight is 677 g/mol. The first-order valence-electron chi connectivity index (χ1n) is 16.9. The molecule has 0 amide bonds. The highest BCUT2D eigenvalue weighted by molar-refractivity contribution is 5.79. The van der Waals surface area contributed by atoms with Crippen molar-refractivity contribution in [1.29, 1.82) is 0 Å². The lowest BCUT2D eigenvalue weighted by atomic mass is 10.1. The van der Waals surface area contributed by atoms with Crippen molar-refractivity contribution in [2.45, 2.75) is 219 Å². The number of Topliss-reactive ketones (excluding diaryl/α,β-unsaturated/α-hetero) is 2. The van der Waals surface area contributed by atoms with Gasteiger partial charge in [-0.15, -0.1) is 6.58 Å².